The first-order chi connectivity index (χ1) is 3.46. The predicted octanol–water partition coefficient (Wildman–Crippen LogP) is -4.09. The molecule has 0 aromatic rings. The molecule has 0 aromatic heterocycles. The topological polar surface area (TPSA) is 216 Å². The zero-order valence-electron chi connectivity index (χ0n) is 5.08. The number of rotatable bonds is 0. The normalized spacial score (nSPS) is 6.55. The van der Waals surface area contributed by atoms with Crippen molar-refractivity contribution in [3.8, 4) is 0 Å². The monoisotopic (exact) mass is 218 g/mol. The van der Waals surface area contributed by atoms with Gasteiger partial charge in [-0.15, -0.1) is 0 Å². The molecule has 0 aromatic carbocycles. The van der Waals surface area contributed by atoms with Crippen LogP contribution in [-0.2, 0) is 0 Å². The summed E-state index contributed by atoms with van der Waals surface area (Å²) in [6.45, 7) is 0. The number of hydrogen-bond acceptors (Lipinski definition) is 6. The van der Waals surface area contributed by atoms with E-state index in [4.69, 9.17) is 29.4 Å². The highest BCUT2D eigenvalue weighted by Crippen LogP contribution is 2.12. The zero-order chi connectivity index (χ0) is 7.15. The highest BCUT2D eigenvalue weighted by Gasteiger charge is 1.76. The average Bonchev–Trinajstić information content (AvgIpc) is 1.25. The Morgan fingerprint density at radius 3 is 0.455 bits per heavy atom. The van der Waals surface area contributed by atoms with Crippen LogP contribution in [0.25, 0.3) is 0 Å². The minimum atomic E-state index is -2.62. The van der Waals surface area contributed by atoms with E-state index in [0.29, 0.717) is 0 Å². The van der Waals surface area contributed by atoms with E-state index >= 15 is 0 Å². The molecular formula is H12O9P2. The number of hydrogen-bond donors (Lipinski definition) is 6. The maximum absolute atomic E-state index is 7.23. The van der Waals surface area contributed by atoms with E-state index in [9.17, 15) is 0 Å². The van der Waals surface area contributed by atoms with Crippen LogP contribution < -0.4 is 0 Å². The van der Waals surface area contributed by atoms with Gasteiger partial charge in [-0.05, 0) is 0 Å². The van der Waals surface area contributed by atoms with Gasteiger partial charge in [0.25, 0.3) is 0 Å². The molecule has 9 nitrogen and oxygen atoms in total. The van der Waals surface area contributed by atoms with Gasteiger partial charge in [-0.1, -0.05) is 0 Å². The van der Waals surface area contributed by atoms with Gasteiger partial charge in [0.05, 0.1) is 0 Å². The van der Waals surface area contributed by atoms with Crippen LogP contribution in [0.5, 0.6) is 0 Å². The van der Waals surface area contributed by atoms with E-state index in [-0.39, 0.29) is 16.4 Å². The van der Waals surface area contributed by atoms with Gasteiger partial charge >= 0.3 is 17.2 Å². The molecule has 76 valence electrons. The molecule has 0 radical (unpaired) electrons. The van der Waals surface area contributed by atoms with Gasteiger partial charge in [0.2, 0.25) is 0 Å². The fourth-order valence-electron chi connectivity index (χ4n) is 0. The molecule has 0 saturated carbocycles. The Hall–Kier alpha value is 0.500. The van der Waals surface area contributed by atoms with Crippen molar-refractivity contribution in [2.45, 2.75) is 0 Å². The highest BCUT2D eigenvalue weighted by molar-refractivity contribution is 7.38. The van der Waals surface area contributed by atoms with Crippen LogP contribution in [0.4, 0.5) is 0 Å². The molecule has 0 rings (SSSR count). The Kier molecular flexibility index (Phi) is 61.2. The SMILES string of the molecule is O.O.O.OP(O)O.OP(O)O. The van der Waals surface area contributed by atoms with Crippen molar-refractivity contribution < 1.29 is 45.8 Å². The van der Waals surface area contributed by atoms with Gasteiger partial charge in [0.15, 0.2) is 0 Å². The van der Waals surface area contributed by atoms with Crippen molar-refractivity contribution in [1.29, 1.82) is 0 Å². The highest BCUT2D eigenvalue weighted by atomic mass is 31.2. The van der Waals surface area contributed by atoms with Crippen molar-refractivity contribution in [3.63, 3.8) is 0 Å². The Balaban J connectivity index is -0.0000000171. The zero-order valence-corrected chi connectivity index (χ0v) is 6.87. The van der Waals surface area contributed by atoms with E-state index in [1.165, 1.54) is 0 Å². The summed E-state index contributed by atoms with van der Waals surface area (Å²) in [7, 11) is -5.24. The lowest BCUT2D eigenvalue weighted by Crippen LogP contribution is -1.54. The van der Waals surface area contributed by atoms with E-state index in [1.807, 2.05) is 0 Å². The smallest absolute Gasteiger partial charge is 0.324 e. The Morgan fingerprint density at radius 2 is 0.455 bits per heavy atom. The summed E-state index contributed by atoms with van der Waals surface area (Å²) >= 11 is 0. The van der Waals surface area contributed by atoms with Crippen LogP contribution in [0.2, 0.25) is 0 Å². The lowest BCUT2D eigenvalue weighted by Gasteiger charge is -1.76. The minimum Gasteiger partial charge on any atom is -0.412 e. The maximum Gasteiger partial charge on any atom is 0.324 e. The Labute approximate surface area is 64.1 Å². The van der Waals surface area contributed by atoms with Crippen LogP contribution in [0.1, 0.15) is 0 Å². The van der Waals surface area contributed by atoms with Crippen molar-refractivity contribution >= 4 is 17.2 Å². The second kappa shape index (κ2) is 22.4. The van der Waals surface area contributed by atoms with Gasteiger partial charge < -0.3 is 45.8 Å². The molecule has 11 heavy (non-hydrogen) atoms. The Bertz CT molecular complexity index is 23.0. The predicted molar refractivity (Wildman–Crippen MR) is 38.0 cm³/mol. The molecule has 0 heterocycles. The van der Waals surface area contributed by atoms with Crippen LogP contribution >= 0.6 is 17.2 Å². The van der Waals surface area contributed by atoms with Crippen LogP contribution in [-0.4, -0.2) is 45.8 Å². The van der Waals surface area contributed by atoms with Crippen molar-refractivity contribution in [2.24, 2.45) is 0 Å². The molecule has 0 spiro atoms. The first-order valence-corrected chi connectivity index (χ1v) is 3.60. The van der Waals surface area contributed by atoms with Gasteiger partial charge in [0.1, 0.15) is 0 Å². The largest absolute Gasteiger partial charge is 0.412 e. The van der Waals surface area contributed by atoms with E-state index in [2.05, 4.69) is 0 Å². The van der Waals surface area contributed by atoms with Gasteiger partial charge in [0, 0.05) is 0 Å². The minimum absolute atomic E-state index is 0. The first-order valence-electron chi connectivity index (χ1n) is 1.20. The fraction of sp³-hybridized carbons (Fsp3) is 0. The Morgan fingerprint density at radius 1 is 0.455 bits per heavy atom. The third kappa shape index (κ3) is 3030. The van der Waals surface area contributed by atoms with E-state index < -0.39 is 17.2 Å². The van der Waals surface area contributed by atoms with Gasteiger partial charge in [-0.2, -0.15) is 0 Å². The molecule has 0 atom stereocenters. The lowest BCUT2D eigenvalue weighted by molar-refractivity contribution is 0.366. The second-order valence-electron chi connectivity index (χ2n) is 0.537. The van der Waals surface area contributed by atoms with Crippen LogP contribution in [0.15, 0.2) is 0 Å². The standard InChI is InChI=1S/2H3O3P.3H2O/c2*1-4(2)3;;;/h2*1-3H;3*1H2. The molecule has 0 saturated heterocycles. The summed E-state index contributed by atoms with van der Waals surface area (Å²) in [5.74, 6) is 0. The molecule has 0 unspecified atom stereocenters. The molecule has 12 N–H and O–H groups in total. The van der Waals surface area contributed by atoms with Gasteiger partial charge in [-0.3, -0.25) is 0 Å². The molecule has 0 amide bonds. The maximum atomic E-state index is 7.23. The quantitative estimate of drug-likeness (QED) is 0.222. The fourth-order valence-corrected chi connectivity index (χ4v) is 0. The first kappa shape index (κ1) is 30.0. The molecule has 0 aliphatic rings. The van der Waals surface area contributed by atoms with Crippen molar-refractivity contribution in [2.75, 3.05) is 0 Å². The molecule has 0 bridgehead atoms. The summed E-state index contributed by atoms with van der Waals surface area (Å²) in [5.41, 5.74) is 0. The average molecular weight is 218 g/mol. The summed E-state index contributed by atoms with van der Waals surface area (Å²) in [5, 5.41) is 0. The van der Waals surface area contributed by atoms with E-state index in [1.54, 1.807) is 0 Å². The molecule has 11 heteroatoms. The molecule has 0 fully saturated rings. The third-order valence-corrected chi connectivity index (χ3v) is 0. The third-order valence-electron chi connectivity index (χ3n) is 0. The molecule has 0 aliphatic carbocycles. The van der Waals surface area contributed by atoms with Crippen LogP contribution in [0, 0.1) is 0 Å². The lowest BCUT2D eigenvalue weighted by atomic mass is 15.8. The van der Waals surface area contributed by atoms with Gasteiger partial charge in [-0.25, -0.2) is 0 Å². The van der Waals surface area contributed by atoms with E-state index in [0.717, 1.165) is 0 Å². The summed E-state index contributed by atoms with van der Waals surface area (Å²) in [4.78, 5) is 43.4. The molecule has 0 aliphatic heterocycles. The molecular weight excluding hydrogens is 206 g/mol. The van der Waals surface area contributed by atoms with Crippen molar-refractivity contribution in [3.05, 3.63) is 0 Å². The van der Waals surface area contributed by atoms with Crippen molar-refractivity contribution in [1.82, 2.24) is 0 Å². The summed E-state index contributed by atoms with van der Waals surface area (Å²) < 4.78 is 0. The summed E-state index contributed by atoms with van der Waals surface area (Å²) in [6.07, 6.45) is 0. The second-order valence-corrected chi connectivity index (χ2v) is 1.61. The summed E-state index contributed by atoms with van der Waals surface area (Å²) in [6, 6.07) is 0. The van der Waals surface area contributed by atoms with Crippen LogP contribution in [0.3, 0.4) is 0 Å².